The van der Waals surface area contributed by atoms with E-state index in [0.29, 0.717) is 34.7 Å². The number of ether oxygens (including phenoxy) is 2. The first kappa shape index (κ1) is 23.6. The average molecular weight is 483 g/mol. The van der Waals surface area contributed by atoms with Gasteiger partial charge in [-0.25, -0.2) is 4.98 Å². The first-order valence-corrected chi connectivity index (χ1v) is 11.5. The molecular weight excluding hydrogens is 456 g/mol. The van der Waals surface area contributed by atoms with E-state index in [4.69, 9.17) is 21.1 Å². The van der Waals surface area contributed by atoms with Crippen molar-refractivity contribution >= 4 is 29.4 Å². The van der Waals surface area contributed by atoms with Crippen LogP contribution in [0.1, 0.15) is 19.8 Å². The maximum atomic E-state index is 12.9. The Bertz CT molecular complexity index is 1190. The van der Waals surface area contributed by atoms with Gasteiger partial charge in [-0.15, -0.1) is 0 Å². The van der Waals surface area contributed by atoms with Gasteiger partial charge in [-0.1, -0.05) is 23.7 Å². The Balaban J connectivity index is 1.66. The molecule has 0 radical (unpaired) electrons. The number of methoxy groups -OCH3 is 2. The summed E-state index contributed by atoms with van der Waals surface area (Å²) in [6.07, 6.45) is 3.61. The largest absolute Gasteiger partial charge is 0.493 e. The molecule has 4 rings (SSSR count). The van der Waals surface area contributed by atoms with E-state index in [0.717, 1.165) is 24.1 Å². The number of likely N-dealkylation sites (N-methyl/N-ethyl adjacent to an activating group) is 1. The van der Waals surface area contributed by atoms with E-state index in [2.05, 4.69) is 10.3 Å². The molecule has 2 amide bonds. The number of aromatic nitrogens is 2. The minimum Gasteiger partial charge on any atom is -0.493 e. The normalized spacial score (nSPS) is 12.8. The van der Waals surface area contributed by atoms with Crippen molar-refractivity contribution in [3.05, 3.63) is 53.7 Å². The van der Waals surface area contributed by atoms with Gasteiger partial charge < -0.3 is 14.4 Å². The highest BCUT2D eigenvalue weighted by atomic mass is 35.5. The van der Waals surface area contributed by atoms with Crippen LogP contribution in [0.2, 0.25) is 5.02 Å². The molecule has 0 spiro atoms. The van der Waals surface area contributed by atoms with Crippen molar-refractivity contribution in [3.8, 4) is 28.4 Å². The fourth-order valence-electron chi connectivity index (χ4n) is 3.67. The molecule has 1 fully saturated rings. The number of carbonyl (C=O) groups excluding carboxylic acids is 2. The third kappa shape index (κ3) is 5.17. The summed E-state index contributed by atoms with van der Waals surface area (Å²) in [5.41, 5.74) is 2.23. The zero-order valence-corrected chi connectivity index (χ0v) is 20.1. The number of carbonyl (C=O) groups is 2. The molecule has 1 saturated carbocycles. The summed E-state index contributed by atoms with van der Waals surface area (Å²) >= 11 is 6.04. The number of imidazole rings is 1. The fraction of sp³-hybridized carbons (Fsp3) is 0.320. The van der Waals surface area contributed by atoms with Crippen molar-refractivity contribution in [2.24, 2.45) is 5.92 Å². The Labute approximate surface area is 203 Å². The number of anilines is 1. The molecular formula is C25H27ClN4O4. The van der Waals surface area contributed by atoms with Gasteiger partial charge in [-0.3, -0.25) is 19.5 Å². The predicted octanol–water partition coefficient (Wildman–Crippen LogP) is 4.41. The van der Waals surface area contributed by atoms with Crippen LogP contribution in [0.4, 0.5) is 5.95 Å². The van der Waals surface area contributed by atoms with Crippen LogP contribution in [-0.2, 0) is 9.59 Å². The van der Waals surface area contributed by atoms with Crippen LogP contribution in [0, 0.1) is 5.92 Å². The maximum Gasteiger partial charge on any atom is 0.246 e. The Kier molecular flexibility index (Phi) is 7.07. The Morgan fingerprint density at radius 2 is 1.82 bits per heavy atom. The van der Waals surface area contributed by atoms with Crippen LogP contribution in [-0.4, -0.2) is 53.6 Å². The second-order valence-corrected chi connectivity index (χ2v) is 8.48. The van der Waals surface area contributed by atoms with Gasteiger partial charge in [0.25, 0.3) is 0 Å². The van der Waals surface area contributed by atoms with Gasteiger partial charge in [-0.05, 0) is 44.0 Å². The van der Waals surface area contributed by atoms with Crippen molar-refractivity contribution in [1.29, 1.82) is 0 Å². The number of halogens is 1. The SMILES string of the molecule is CCN(CC(=O)Nc1nc(-c2ccc(Cl)cc2)cn1-c1ccc(OC)c(OC)c1)C(=O)C1CC1. The van der Waals surface area contributed by atoms with E-state index in [1.165, 1.54) is 0 Å². The molecule has 1 aliphatic rings. The van der Waals surface area contributed by atoms with Crippen LogP contribution in [0.15, 0.2) is 48.7 Å². The number of rotatable bonds is 9. The molecule has 34 heavy (non-hydrogen) atoms. The number of benzene rings is 2. The highest BCUT2D eigenvalue weighted by Gasteiger charge is 2.33. The molecule has 1 N–H and O–H groups in total. The van der Waals surface area contributed by atoms with E-state index in [1.54, 1.807) is 48.0 Å². The van der Waals surface area contributed by atoms with Crippen molar-refractivity contribution in [1.82, 2.24) is 14.5 Å². The van der Waals surface area contributed by atoms with Gasteiger partial charge in [0.1, 0.15) is 0 Å². The first-order valence-electron chi connectivity index (χ1n) is 11.1. The van der Waals surface area contributed by atoms with Gasteiger partial charge in [0.05, 0.1) is 32.1 Å². The summed E-state index contributed by atoms with van der Waals surface area (Å²) in [5.74, 6) is 1.24. The topological polar surface area (TPSA) is 85.7 Å². The lowest BCUT2D eigenvalue weighted by atomic mass is 10.2. The van der Waals surface area contributed by atoms with Gasteiger partial charge in [0, 0.05) is 35.3 Å². The smallest absolute Gasteiger partial charge is 0.246 e. The van der Waals surface area contributed by atoms with Crippen LogP contribution in [0.3, 0.4) is 0 Å². The molecule has 0 bridgehead atoms. The van der Waals surface area contributed by atoms with Crippen LogP contribution in [0.5, 0.6) is 11.5 Å². The van der Waals surface area contributed by atoms with E-state index in [9.17, 15) is 9.59 Å². The van der Waals surface area contributed by atoms with E-state index >= 15 is 0 Å². The maximum absolute atomic E-state index is 12.9. The zero-order chi connectivity index (χ0) is 24.2. The Morgan fingerprint density at radius 1 is 1.12 bits per heavy atom. The molecule has 0 aliphatic heterocycles. The first-order chi connectivity index (χ1) is 16.4. The summed E-state index contributed by atoms with van der Waals surface area (Å²) in [7, 11) is 3.13. The second-order valence-electron chi connectivity index (χ2n) is 8.04. The number of nitrogens with one attached hydrogen (secondary N) is 1. The third-order valence-corrected chi connectivity index (χ3v) is 5.95. The summed E-state index contributed by atoms with van der Waals surface area (Å²) in [6, 6.07) is 12.7. The minimum atomic E-state index is -0.314. The monoisotopic (exact) mass is 482 g/mol. The predicted molar refractivity (Wildman–Crippen MR) is 131 cm³/mol. The lowest BCUT2D eigenvalue weighted by Crippen LogP contribution is -2.39. The quantitative estimate of drug-likeness (QED) is 0.488. The number of amides is 2. The van der Waals surface area contributed by atoms with Crippen molar-refractivity contribution in [2.75, 3.05) is 32.6 Å². The number of nitrogens with zero attached hydrogens (tertiary/aromatic N) is 3. The molecule has 1 aromatic heterocycles. The Hall–Kier alpha value is -3.52. The highest BCUT2D eigenvalue weighted by Crippen LogP contribution is 2.33. The fourth-order valence-corrected chi connectivity index (χ4v) is 3.80. The van der Waals surface area contributed by atoms with Gasteiger partial charge in [0.15, 0.2) is 11.5 Å². The van der Waals surface area contributed by atoms with E-state index in [1.807, 2.05) is 31.3 Å². The van der Waals surface area contributed by atoms with E-state index in [-0.39, 0.29) is 24.3 Å². The molecule has 0 unspecified atom stereocenters. The lowest BCUT2D eigenvalue weighted by Gasteiger charge is -2.20. The molecule has 0 saturated heterocycles. The summed E-state index contributed by atoms with van der Waals surface area (Å²) in [5, 5.41) is 3.50. The number of hydrogen-bond acceptors (Lipinski definition) is 5. The lowest BCUT2D eigenvalue weighted by molar-refractivity contribution is -0.135. The molecule has 8 nitrogen and oxygen atoms in total. The zero-order valence-electron chi connectivity index (χ0n) is 19.4. The van der Waals surface area contributed by atoms with Crippen LogP contribution >= 0.6 is 11.6 Å². The minimum absolute atomic E-state index is 0.0269. The van der Waals surface area contributed by atoms with Crippen LogP contribution in [0.25, 0.3) is 16.9 Å². The molecule has 1 heterocycles. The van der Waals surface area contributed by atoms with Crippen molar-refractivity contribution in [3.63, 3.8) is 0 Å². The highest BCUT2D eigenvalue weighted by molar-refractivity contribution is 6.30. The standard InChI is InChI=1S/C25H27ClN4O4/c1-4-29(24(32)17-5-6-17)15-23(31)28-25-27-20(16-7-9-18(26)10-8-16)14-30(25)19-11-12-21(33-2)22(13-19)34-3/h7-14,17H,4-6,15H2,1-3H3,(H,27,28,31). The molecule has 2 aromatic carbocycles. The van der Waals surface area contributed by atoms with Gasteiger partial charge >= 0.3 is 0 Å². The second kappa shape index (κ2) is 10.2. The number of hydrogen-bond donors (Lipinski definition) is 1. The summed E-state index contributed by atoms with van der Waals surface area (Å²) in [6.45, 7) is 2.32. The molecule has 178 valence electrons. The molecule has 3 aromatic rings. The molecule has 0 atom stereocenters. The average Bonchev–Trinajstić information content (AvgIpc) is 3.62. The molecule has 9 heteroatoms. The van der Waals surface area contributed by atoms with Crippen molar-refractivity contribution in [2.45, 2.75) is 19.8 Å². The van der Waals surface area contributed by atoms with E-state index < -0.39 is 0 Å². The van der Waals surface area contributed by atoms with Gasteiger partial charge in [0.2, 0.25) is 17.8 Å². The summed E-state index contributed by atoms with van der Waals surface area (Å²) in [4.78, 5) is 31.6. The van der Waals surface area contributed by atoms with Crippen LogP contribution < -0.4 is 14.8 Å². The van der Waals surface area contributed by atoms with Gasteiger partial charge in [-0.2, -0.15) is 0 Å². The summed E-state index contributed by atoms with van der Waals surface area (Å²) < 4.78 is 12.5. The third-order valence-electron chi connectivity index (χ3n) is 5.70. The van der Waals surface area contributed by atoms with Crippen molar-refractivity contribution < 1.29 is 19.1 Å². The Morgan fingerprint density at radius 3 is 2.44 bits per heavy atom. The molecule has 1 aliphatic carbocycles.